The number of likely N-dealkylation sites (N-methyl/N-ethyl adjacent to an activating group) is 2. The van der Waals surface area contributed by atoms with Crippen molar-refractivity contribution in [1.29, 1.82) is 0 Å². The number of anilines is 1. The van der Waals surface area contributed by atoms with E-state index >= 15 is 0 Å². The van der Waals surface area contributed by atoms with Crippen molar-refractivity contribution in [3.8, 4) is 5.75 Å². The number of nitrogens with zero attached hydrogens (tertiary/aromatic N) is 3. The fourth-order valence-corrected chi connectivity index (χ4v) is 13.6. The monoisotopic (exact) mass is 1480 g/mol. The smallest absolute Gasteiger partial charge is 0.412 e. The molecule has 10 N–H and O–H groups in total. The van der Waals surface area contributed by atoms with E-state index in [2.05, 4.69) is 32.1 Å². The summed E-state index contributed by atoms with van der Waals surface area (Å²) in [5, 5.41) is 22.1. The predicted molar refractivity (Wildman–Crippen MR) is 390 cm³/mol. The van der Waals surface area contributed by atoms with E-state index in [9.17, 15) is 66.0 Å². The Morgan fingerprint density at radius 1 is 0.692 bits per heavy atom. The second-order valence-corrected chi connectivity index (χ2v) is 30.1. The average Bonchev–Trinajstić information content (AvgIpc) is 1.82. The number of hydrogen-bond acceptors (Lipinski definition) is 19. The SMILES string of the molecule is CC[C@H](C)[C@@H]([C@@H](CC(=O)N1CCC[C@H]1[C@H](OC)[C@@H](C)C(=O)C[C@@H](Cc1ccc(OC(=O)NCCCCCC(=O)NOCc2ccc(NC(=O)[C@H](CCCNC(N)=O)NC(=O)[C@@H](NC(=O)CCCC(=O)O)C(C)C)cc2)cc1)C(=O)NS(C)(=O)=O)OC)N(C)C(=O)[C@@H](CC(=O)[C@H](C(C)C)N(C)C)C(C)C. The van der Waals surface area contributed by atoms with Gasteiger partial charge in [0, 0.05) is 96.4 Å². The number of nitrogens with one attached hydrogen (secondary N) is 7. The van der Waals surface area contributed by atoms with Crippen molar-refractivity contribution in [2.75, 3.05) is 66.6 Å². The largest absolute Gasteiger partial charge is 0.481 e. The molecule has 2 aromatic rings. The predicted octanol–water partition coefficient (Wildman–Crippen LogP) is 5.78. The number of nitrogens with two attached hydrogens (primary N) is 1. The molecular formula is C73H117N11O19S. The second-order valence-electron chi connectivity index (χ2n) is 28.4. The molecular weight excluding hydrogens is 1370 g/mol. The van der Waals surface area contributed by atoms with Crippen molar-refractivity contribution in [1.82, 2.24) is 46.2 Å². The first kappa shape index (κ1) is 90.1. The van der Waals surface area contributed by atoms with Crippen LogP contribution in [0.1, 0.15) is 170 Å². The number of rotatable bonds is 48. The molecule has 0 spiro atoms. The molecule has 0 radical (unpaired) electrons. The molecule has 1 aliphatic rings. The summed E-state index contributed by atoms with van der Waals surface area (Å²) >= 11 is 0. The summed E-state index contributed by atoms with van der Waals surface area (Å²) in [7, 11) is 4.35. The van der Waals surface area contributed by atoms with Gasteiger partial charge in [0.25, 0.3) is 0 Å². The van der Waals surface area contributed by atoms with E-state index in [1.165, 1.54) is 26.4 Å². The first-order valence-corrected chi connectivity index (χ1v) is 37.9. The highest BCUT2D eigenvalue weighted by Crippen LogP contribution is 2.33. The number of unbranched alkanes of at least 4 members (excludes halogenated alkanes) is 2. The third-order valence-corrected chi connectivity index (χ3v) is 19.4. The van der Waals surface area contributed by atoms with Crippen LogP contribution in [0.15, 0.2) is 48.5 Å². The summed E-state index contributed by atoms with van der Waals surface area (Å²) < 4.78 is 44.3. The first-order chi connectivity index (χ1) is 48.9. The van der Waals surface area contributed by atoms with Gasteiger partial charge in [-0.3, -0.25) is 62.4 Å². The van der Waals surface area contributed by atoms with E-state index in [-0.39, 0.29) is 143 Å². The molecule has 11 atom stereocenters. The Hall–Kier alpha value is -8.13. The Morgan fingerprint density at radius 2 is 1.33 bits per heavy atom. The normalized spacial score (nSPS) is 16.0. The lowest BCUT2D eigenvalue weighted by Crippen LogP contribution is -2.54. The fraction of sp³-hybridized carbons (Fsp3) is 0.671. The van der Waals surface area contributed by atoms with Crippen molar-refractivity contribution < 1.29 is 90.1 Å². The zero-order valence-electron chi connectivity index (χ0n) is 63.5. The minimum absolute atomic E-state index is 0.0128. The molecule has 31 heteroatoms. The van der Waals surface area contributed by atoms with Crippen LogP contribution in [0.2, 0.25) is 0 Å². The van der Waals surface area contributed by atoms with Crippen LogP contribution in [-0.4, -0.2) is 203 Å². The van der Waals surface area contributed by atoms with Crippen LogP contribution < -0.4 is 47.3 Å². The molecule has 584 valence electrons. The lowest BCUT2D eigenvalue weighted by Gasteiger charge is -2.41. The van der Waals surface area contributed by atoms with Gasteiger partial charge in [-0.2, -0.15) is 0 Å². The summed E-state index contributed by atoms with van der Waals surface area (Å²) in [4.78, 5) is 168. The van der Waals surface area contributed by atoms with E-state index in [0.29, 0.717) is 61.9 Å². The molecule has 2 aromatic carbocycles. The molecule has 1 saturated heterocycles. The Kier molecular flexibility index (Phi) is 39.2. The third-order valence-electron chi connectivity index (χ3n) is 18.8. The molecule has 3 rings (SSSR count). The number of Topliss-reactive ketones (excluding diaryl/α,β-unsaturated/α-hetero) is 2. The highest BCUT2D eigenvalue weighted by molar-refractivity contribution is 7.89. The van der Waals surface area contributed by atoms with Gasteiger partial charge in [-0.15, -0.1) is 0 Å². The van der Waals surface area contributed by atoms with Gasteiger partial charge in [-0.1, -0.05) is 99.4 Å². The molecule has 0 unspecified atom stereocenters. The second kappa shape index (κ2) is 45.3. The van der Waals surface area contributed by atoms with Crippen LogP contribution in [0.4, 0.5) is 15.3 Å². The number of urea groups is 1. The third kappa shape index (κ3) is 31.3. The molecule has 10 amide bonds. The number of carboxylic acids is 1. The minimum Gasteiger partial charge on any atom is -0.481 e. The number of sulfonamides is 1. The number of ketones is 2. The number of hydroxylamine groups is 1. The van der Waals surface area contributed by atoms with Gasteiger partial charge in [0.2, 0.25) is 51.4 Å². The molecule has 1 heterocycles. The fourth-order valence-electron chi connectivity index (χ4n) is 13.0. The summed E-state index contributed by atoms with van der Waals surface area (Å²) in [5.41, 5.74) is 9.12. The topological polar surface area (TPSA) is 416 Å². The number of carbonyl (C=O) groups excluding carboxylic acids is 11. The maximum absolute atomic E-state index is 14.6. The van der Waals surface area contributed by atoms with Gasteiger partial charge in [0.05, 0.1) is 49.6 Å². The standard InChI is InChI=1S/C73H117N11O19S/c1-16-47(8)66(83(12)71(95)54(44(2)3)41-58(86)65(46(6)7)82(10)11)59(100-13)42-62(89)84-38-22-24-56(84)67(101-14)48(9)57(85)40-51(68(92)81-104(15,98)99)39-49-30-34-53(35-31-49)103-73(97)76-36-19-17-18-25-61(88)80-102-43-50-28-32-52(33-29-50)77-69(93)55(23-21-37-75-72(74)96)78-70(94)64(45(4)5)79-60(87)26-20-27-63(90)91/h28-35,44-48,51,54-56,59,64-67H,16-27,36-43H2,1-15H3,(H,76,97)(H,77,93)(H,78,94)(H,79,87)(H,80,88)(H,81,92)(H,90,91)(H3,74,75,96)/t47-,48-,51+,54-,55-,56-,59+,64-,65-,66-,67+/m0/s1. The van der Waals surface area contributed by atoms with E-state index in [1.54, 1.807) is 74.0 Å². The van der Waals surface area contributed by atoms with Crippen molar-refractivity contribution in [2.45, 2.75) is 214 Å². The van der Waals surface area contributed by atoms with Crippen molar-refractivity contribution in [2.24, 2.45) is 47.2 Å². The number of methoxy groups -OCH3 is 2. The lowest BCUT2D eigenvalue weighted by atomic mass is 9.83. The number of amides is 10. The highest BCUT2D eigenvalue weighted by atomic mass is 32.2. The van der Waals surface area contributed by atoms with Gasteiger partial charge in [0.1, 0.15) is 23.6 Å². The summed E-state index contributed by atoms with van der Waals surface area (Å²) in [6.07, 6.45) is 1.65. The quantitative estimate of drug-likeness (QED) is 0.0280. The van der Waals surface area contributed by atoms with Crippen LogP contribution >= 0.6 is 0 Å². The lowest BCUT2D eigenvalue weighted by molar-refractivity contribution is -0.149. The first-order valence-electron chi connectivity index (χ1n) is 36.0. The number of aliphatic carboxylic acids is 1. The van der Waals surface area contributed by atoms with Gasteiger partial charge in [-0.25, -0.2) is 23.5 Å². The zero-order valence-corrected chi connectivity index (χ0v) is 64.3. The van der Waals surface area contributed by atoms with Gasteiger partial charge in [0.15, 0.2) is 5.78 Å². The molecule has 30 nitrogen and oxygen atoms in total. The number of carboxylic acid groups (broad SMARTS) is 1. The van der Waals surface area contributed by atoms with Crippen LogP contribution in [0.3, 0.4) is 0 Å². The Morgan fingerprint density at radius 3 is 1.89 bits per heavy atom. The number of carbonyl (C=O) groups is 12. The zero-order chi connectivity index (χ0) is 78.1. The van der Waals surface area contributed by atoms with E-state index in [0.717, 1.165) is 6.26 Å². The van der Waals surface area contributed by atoms with Gasteiger partial charge in [-0.05, 0) is 125 Å². The van der Waals surface area contributed by atoms with E-state index in [4.69, 9.17) is 29.9 Å². The number of ether oxygens (including phenoxy) is 3. The van der Waals surface area contributed by atoms with Crippen LogP contribution in [0, 0.1) is 41.4 Å². The van der Waals surface area contributed by atoms with Crippen LogP contribution in [0.5, 0.6) is 5.75 Å². The molecule has 0 bridgehead atoms. The molecule has 0 aromatic heterocycles. The number of likely N-dealkylation sites (tertiary alicyclic amines) is 1. The van der Waals surface area contributed by atoms with E-state index < -0.39 is 112 Å². The Labute approximate surface area is 613 Å². The van der Waals surface area contributed by atoms with Crippen molar-refractivity contribution >= 4 is 86.7 Å². The Bertz CT molecular complexity index is 3260. The molecule has 1 aliphatic heterocycles. The van der Waals surface area contributed by atoms with Gasteiger partial charge >= 0.3 is 18.1 Å². The maximum Gasteiger partial charge on any atom is 0.412 e. The highest BCUT2D eigenvalue weighted by Gasteiger charge is 2.44. The van der Waals surface area contributed by atoms with Crippen LogP contribution in [-0.2, 0) is 85.3 Å². The minimum atomic E-state index is -4.04. The molecule has 0 aliphatic carbocycles. The average molecular weight is 1480 g/mol. The van der Waals surface area contributed by atoms with E-state index in [1.807, 2.05) is 65.3 Å². The summed E-state index contributed by atoms with van der Waals surface area (Å²) in [5.74, 6) is -7.99. The van der Waals surface area contributed by atoms with Crippen molar-refractivity contribution in [3.05, 3.63) is 59.7 Å². The number of primary amides is 1. The number of hydrogen-bond donors (Lipinski definition) is 9. The molecule has 0 saturated carbocycles. The molecule has 104 heavy (non-hydrogen) atoms. The maximum atomic E-state index is 14.6. The van der Waals surface area contributed by atoms with Crippen LogP contribution in [0.25, 0.3) is 0 Å². The summed E-state index contributed by atoms with van der Waals surface area (Å²) in [6.45, 7) is 17.6. The van der Waals surface area contributed by atoms with Crippen molar-refractivity contribution in [3.63, 3.8) is 0 Å². The summed E-state index contributed by atoms with van der Waals surface area (Å²) in [6, 6.07) is 8.36. The van der Waals surface area contributed by atoms with Gasteiger partial charge < -0.3 is 61.4 Å². The molecule has 1 fully saturated rings. The number of benzene rings is 2. The Balaban J connectivity index is 1.54.